The summed E-state index contributed by atoms with van der Waals surface area (Å²) in [5.41, 5.74) is 0. The first-order valence-corrected chi connectivity index (χ1v) is 29.8. The highest BCUT2D eigenvalue weighted by molar-refractivity contribution is 5.71. The SMILES string of the molecule is CCCCCCCCCCCCCCCCCCCC(=O)OC[C@H](COC(=O)CCCCCCCCCCCCCCCCC(C)C)OC(=O)CCCCCCCCCCCCC(C)CC. The van der Waals surface area contributed by atoms with Crippen molar-refractivity contribution in [1.29, 1.82) is 0 Å². The quantitative estimate of drug-likeness (QED) is 0.0343. The number of unbranched alkanes of at least 4 members (excludes halogenated alkanes) is 38. The molecule has 6 nitrogen and oxygen atoms in total. The van der Waals surface area contributed by atoms with Gasteiger partial charge in [0, 0.05) is 19.3 Å². The van der Waals surface area contributed by atoms with Crippen LogP contribution in [0.4, 0.5) is 0 Å². The van der Waals surface area contributed by atoms with Crippen LogP contribution in [0.25, 0.3) is 0 Å². The van der Waals surface area contributed by atoms with Crippen LogP contribution in [-0.2, 0) is 28.6 Å². The first kappa shape index (κ1) is 64.4. The summed E-state index contributed by atoms with van der Waals surface area (Å²) in [6, 6.07) is 0. The summed E-state index contributed by atoms with van der Waals surface area (Å²) < 4.78 is 16.9. The molecular weight excluding hydrogens is 817 g/mol. The van der Waals surface area contributed by atoms with Crippen LogP contribution in [0, 0.1) is 11.8 Å². The van der Waals surface area contributed by atoms with Gasteiger partial charge >= 0.3 is 17.9 Å². The van der Waals surface area contributed by atoms with E-state index in [1.165, 1.54) is 225 Å². The molecule has 0 heterocycles. The minimum atomic E-state index is -0.763. The highest BCUT2D eigenvalue weighted by Crippen LogP contribution is 2.19. The van der Waals surface area contributed by atoms with E-state index in [1.54, 1.807) is 0 Å². The number of rotatable bonds is 54. The molecule has 6 heteroatoms. The molecule has 0 aliphatic heterocycles. The molecule has 2 atom stereocenters. The van der Waals surface area contributed by atoms with E-state index in [9.17, 15) is 14.4 Å². The Bertz CT molecular complexity index is 1010. The standard InChI is InChI=1S/C60H116O6/c1-6-8-9-10-11-12-13-14-15-16-17-21-24-30-35-40-45-50-58(61)64-53-57(66-60(63)52-47-42-37-32-27-26-29-34-39-44-49-56(5)7-2)54-65-59(62)51-46-41-36-31-25-22-19-18-20-23-28-33-38-43-48-55(3)4/h55-57H,6-54H2,1-5H3/t56?,57-/m1/s1. The molecule has 0 aromatic rings. The molecule has 0 aliphatic carbocycles. The highest BCUT2D eigenvalue weighted by Gasteiger charge is 2.19. The fraction of sp³-hybridized carbons (Fsp3) is 0.950. The lowest BCUT2D eigenvalue weighted by Crippen LogP contribution is -2.30. The van der Waals surface area contributed by atoms with Crippen LogP contribution in [0.1, 0.15) is 336 Å². The average Bonchev–Trinajstić information content (AvgIpc) is 3.30. The molecular formula is C60H116O6. The summed E-state index contributed by atoms with van der Waals surface area (Å²) in [6.07, 6.45) is 56.6. The van der Waals surface area contributed by atoms with Crippen molar-refractivity contribution in [2.24, 2.45) is 11.8 Å². The summed E-state index contributed by atoms with van der Waals surface area (Å²) in [5, 5.41) is 0. The third-order valence-electron chi connectivity index (χ3n) is 14.1. The Morgan fingerprint density at radius 3 is 0.864 bits per heavy atom. The summed E-state index contributed by atoms with van der Waals surface area (Å²) in [4.78, 5) is 38.2. The van der Waals surface area contributed by atoms with Crippen LogP contribution < -0.4 is 0 Å². The van der Waals surface area contributed by atoms with E-state index in [4.69, 9.17) is 14.2 Å². The van der Waals surface area contributed by atoms with E-state index in [-0.39, 0.29) is 31.1 Å². The summed E-state index contributed by atoms with van der Waals surface area (Å²) in [5.74, 6) is 0.874. The topological polar surface area (TPSA) is 78.9 Å². The molecule has 0 saturated heterocycles. The number of esters is 3. The second kappa shape index (κ2) is 52.8. The lowest BCUT2D eigenvalue weighted by molar-refractivity contribution is -0.167. The maximum Gasteiger partial charge on any atom is 0.306 e. The predicted molar refractivity (Wildman–Crippen MR) is 284 cm³/mol. The molecule has 0 saturated carbocycles. The van der Waals surface area contributed by atoms with Gasteiger partial charge in [-0.3, -0.25) is 14.4 Å². The van der Waals surface area contributed by atoms with E-state index in [0.717, 1.165) is 69.6 Å². The zero-order valence-corrected chi connectivity index (χ0v) is 45.3. The number of hydrogen-bond donors (Lipinski definition) is 0. The fourth-order valence-electron chi connectivity index (χ4n) is 9.20. The zero-order valence-electron chi connectivity index (χ0n) is 45.3. The monoisotopic (exact) mass is 933 g/mol. The second-order valence-corrected chi connectivity index (χ2v) is 21.4. The van der Waals surface area contributed by atoms with Gasteiger partial charge in [-0.2, -0.15) is 0 Å². The molecule has 0 aromatic heterocycles. The van der Waals surface area contributed by atoms with Crippen LogP contribution >= 0.6 is 0 Å². The van der Waals surface area contributed by atoms with E-state index < -0.39 is 6.10 Å². The van der Waals surface area contributed by atoms with Gasteiger partial charge in [-0.15, -0.1) is 0 Å². The minimum Gasteiger partial charge on any atom is -0.462 e. The van der Waals surface area contributed by atoms with Crippen LogP contribution in [0.15, 0.2) is 0 Å². The molecule has 0 aromatic carbocycles. The van der Waals surface area contributed by atoms with Gasteiger partial charge in [0.05, 0.1) is 0 Å². The summed E-state index contributed by atoms with van der Waals surface area (Å²) in [7, 11) is 0. The Morgan fingerprint density at radius 2 is 0.576 bits per heavy atom. The van der Waals surface area contributed by atoms with Gasteiger partial charge < -0.3 is 14.2 Å². The predicted octanol–water partition coefficient (Wildman–Crippen LogP) is 19.7. The molecule has 392 valence electrons. The Kier molecular flexibility index (Phi) is 51.5. The lowest BCUT2D eigenvalue weighted by Gasteiger charge is -2.18. The van der Waals surface area contributed by atoms with Gasteiger partial charge in [-0.1, -0.05) is 298 Å². The van der Waals surface area contributed by atoms with Crippen molar-refractivity contribution in [3.05, 3.63) is 0 Å². The molecule has 0 amide bonds. The molecule has 0 bridgehead atoms. The molecule has 0 N–H and O–H groups in total. The smallest absolute Gasteiger partial charge is 0.306 e. The van der Waals surface area contributed by atoms with Gasteiger partial charge in [0.2, 0.25) is 0 Å². The van der Waals surface area contributed by atoms with Crippen molar-refractivity contribution in [2.45, 2.75) is 343 Å². The molecule has 0 rings (SSSR count). The third kappa shape index (κ3) is 51.8. The minimum absolute atomic E-state index is 0.0626. The maximum absolute atomic E-state index is 12.9. The normalized spacial score (nSPS) is 12.5. The Labute approximate surface area is 412 Å². The van der Waals surface area contributed by atoms with E-state index in [1.807, 2.05) is 0 Å². The van der Waals surface area contributed by atoms with Gasteiger partial charge in [0.15, 0.2) is 6.10 Å². The van der Waals surface area contributed by atoms with Gasteiger partial charge in [-0.05, 0) is 31.1 Å². The Morgan fingerprint density at radius 1 is 0.318 bits per heavy atom. The maximum atomic E-state index is 12.9. The van der Waals surface area contributed by atoms with E-state index >= 15 is 0 Å². The van der Waals surface area contributed by atoms with Gasteiger partial charge in [-0.25, -0.2) is 0 Å². The van der Waals surface area contributed by atoms with Crippen molar-refractivity contribution in [3.8, 4) is 0 Å². The Hall–Kier alpha value is -1.59. The summed E-state index contributed by atoms with van der Waals surface area (Å²) in [6.45, 7) is 11.4. The van der Waals surface area contributed by atoms with Crippen molar-refractivity contribution in [2.75, 3.05) is 13.2 Å². The number of carbonyl (C=O) groups is 3. The van der Waals surface area contributed by atoms with Gasteiger partial charge in [0.25, 0.3) is 0 Å². The number of ether oxygens (including phenoxy) is 3. The first-order valence-electron chi connectivity index (χ1n) is 29.8. The third-order valence-corrected chi connectivity index (χ3v) is 14.1. The first-order chi connectivity index (χ1) is 32.3. The molecule has 0 aliphatic rings. The summed E-state index contributed by atoms with van der Waals surface area (Å²) >= 11 is 0. The van der Waals surface area contributed by atoms with Crippen LogP contribution in [0.2, 0.25) is 0 Å². The molecule has 0 radical (unpaired) electrons. The highest BCUT2D eigenvalue weighted by atomic mass is 16.6. The van der Waals surface area contributed by atoms with E-state index in [0.29, 0.717) is 19.3 Å². The van der Waals surface area contributed by atoms with Crippen molar-refractivity contribution in [3.63, 3.8) is 0 Å². The molecule has 0 fully saturated rings. The van der Waals surface area contributed by atoms with Crippen LogP contribution in [0.3, 0.4) is 0 Å². The zero-order chi connectivity index (χ0) is 48.2. The van der Waals surface area contributed by atoms with Crippen molar-refractivity contribution in [1.82, 2.24) is 0 Å². The van der Waals surface area contributed by atoms with Crippen LogP contribution in [-0.4, -0.2) is 37.2 Å². The second-order valence-electron chi connectivity index (χ2n) is 21.4. The average molecular weight is 934 g/mol. The van der Waals surface area contributed by atoms with E-state index in [2.05, 4.69) is 34.6 Å². The Balaban J connectivity index is 4.29. The van der Waals surface area contributed by atoms with Gasteiger partial charge in [0.1, 0.15) is 13.2 Å². The lowest BCUT2D eigenvalue weighted by atomic mass is 9.99. The largest absolute Gasteiger partial charge is 0.462 e. The number of carbonyl (C=O) groups excluding carboxylic acids is 3. The van der Waals surface area contributed by atoms with Crippen LogP contribution in [0.5, 0.6) is 0 Å². The van der Waals surface area contributed by atoms with Crippen molar-refractivity contribution < 1.29 is 28.6 Å². The molecule has 66 heavy (non-hydrogen) atoms. The fourth-order valence-corrected chi connectivity index (χ4v) is 9.20. The van der Waals surface area contributed by atoms with Crippen molar-refractivity contribution >= 4 is 17.9 Å². The molecule has 0 spiro atoms. The number of hydrogen-bond acceptors (Lipinski definition) is 6. The molecule has 1 unspecified atom stereocenters.